The normalized spacial score (nSPS) is 20.4. The minimum Gasteiger partial charge on any atom is -0.333 e. The van der Waals surface area contributed by atoms with E-state index in [0.29, 0.717) is 19.6 Å². The Bertz CT molecular complexity index is 807. The molecule has 8 heteroatoms. The lowest BCUT2D eigenvalue weighted by molar-refractivity contribution is 0.148. The summed E-state index contributed by atoms with van der Waals surface area (Å²) in [7, 11) is 0. The van der Waals surface area contributed by atoms with Crippen molar-refractivity contribution in [1.29, 1.82) is 0 Å². The average Bonchev–Trinajstić information content (AvgIpc) is 3.25. The van der Waals surface area contributed by atoms with E-state index in [4.69, 9.17) is 0 Å². The summed E-state index contributed by atoms with van der Waals surface area (Å²) in [6, 6.07) is 3.23. The van der Waals surface area contributed by atoms with Crippen molar-refractivity contribution in [3.8, 4) is 0 Å². The molecule has 1 saturated heterocycles. The number of fused-ring (bicyclic) bond motifs is 1. The van der Waals surface area contributed by atoms with E-state index in [0.717, 1.165) is 38.3 Å². The maximum absolute atomic E-state index is 12.9. The number of aromatic nitrogens is 4. The van der Waals surface area contributed by atoms with Crippen molar-refractivity contribution in [3.05, 3.63) is 46.9 Å². The summed E-state index contributed by atoms with van der Waals surface area (Å²) in [6.07, 6.45) is 7.46. The molecule has 1 fully saturated rings. The van der Waals surface area contributed by atoms with E-state index in [-0.39, 0.29) is 17.5 Å². The van der Waals surface area contributed by atoms with Gasteiger partial charge in [0.05, 0.1) is 13.1 Å². The number of amides is 2. The monoisotopic (exact) mass is 342 g/mol. The topological polar surface area (TPSA) is 76.3 Å². The van der Waals surface area contributed by atoms with Crippen LogP contribution in [-0.4, -0.2) is 54.8 Å². The molecule has 2 aromatic rings. The zero-order valence-corrected chi connectivity index (χ0v) is 14.1. The molecular formula is C17H22N6O2. The van der Waals surface area contributed by atoms with Crippen molar-refractivity contribution in [1.82, 2.24) is 29.1 Å². The molecule has 0 radical (unpaired) electrons. The predicted octanol–water partition coefficient (Wildman–Crippen LogP) is 0.788. The first-order valence-corrected chi connectivity index (χ1v) is 8.77. The van der Waals surface area contributed by atoms with Gasteiger partial charge in [-0.25, -0.2) is 14.5 Å². The first kappa shape index (κ1) is 15.9. The Morgan fingerprint density at radius 3 is 2.80 bits per heavy atom. The first-order chi connectivity index (χ1) is 12.2. The molecule has 4 rings (SSSR count). The van der Waals surface area contributed by atoms with E-state index in [1.54, 1.807) is 18.5 Å². The third-order valence-electron chi connectivity index (χ3n) is 4.93. The Kier molecular flexibility index (Phi) is 4.25. The van der Waals surface area contributed by atoms with Gasteiger partial charge in [0.15, 0.2) is 0 Å². The number of rotatable bonds is 2. The maximum Gasteiger partial charge on any atom is 0.320 e. The smallest absolute Gasteiger partial charge is 0.320 e. The summed E-state index contributed by atoms with van der Waals surface area (Å²) in [5.41, 5.74) is -0.116. The van der Waals surface area contributed by atoms with E-state index < -0.39 is 0 Å². The highest BCUT2D eigenvalue weighted by atomic mass is 16.2. The van der Waals surface area contributed by atoms with Gasteiger partial charge in [-0.2, -0.15) is 5.10 Å². The third-order valence-corrected chi connectivity index (χ3v) is 4.93. The molecule has 0 saturated carbocycles. The largest absolute Gasteiger partial charge is 0.333 e. The van der Waals surface area contributed by atoms with Gasteiger partial charge in [-0.3, -0.25) is 4.79 Å². The molecule has 2 aromatic heterocycles. The van der Waals surface area contributed by atoms with Crippen LogP contribution in [-0.2, 0) is 19.6 Å². The molecule has 4 heterocycles. The second-order valence-electron chi connectivity index (χ2n) is 6.76. The molecular weight excluding hydrogens is 320 g/mol. The molecule has 2 aliphatic rings. The molecule has 2 aliphatic heterocycles. The summed E-state index contributed by atoms with van der Waals surface area (Å²) < 4.78 is 3.56. The zero-order chi connectivity index (χ0) is 17.2. The molecule has 0 aromatic carbocycles. The quantitative estimate of drug-likeness (QED) is 0.808. The van der Waals surface area contributed by atoms with Crippen LogP contribution in [0.15, 0.2) is 35.5 Å². The minimum atomic E-state index is -0.116. The van der Waals surface area contributed by atoms with E-state index in [1.165, 1.54) is 10.7 Å². The molecule has 0 N–H and O–H groups in total. The van der Waals surface area contributed by atoms with Crippen LogP contribution in [0.2, 0.25) is 0 Å². The molecule has 25 heavy (non-hydrogen) atoms. The maximum atomic E-state index is 12.9. The summed E-state index contributed by atoms with van der Waals surface area (Å²) in [5, 5.41) is 4.16. The highest BCUT2D eigenvalue weighted by Gasteiger charge is 2.30. The number of carbonyl (C=O) groups is 1. The fourth-order valence-corrected chi connectivity index (χ4v) is 3.68. The van der Waals surface area contributed by atoms with Crippen LogP contribution in [0.25, 0.3) is 0 Å². The Morgan fingerprint density at radius 1 is 1.16 bits per heavy atom. The summed E-state index contributed by atoms with van der Waals surface area (Å²) in [6.45, 7) is 3.98. The summed E-state index contributed by atoms with van der Waals surface area (Å²) in [4.78, 5) is 33.1. The fraction of sp³-hybridized carbons (Fsp3) is 0.529. The van der Waals surface area contributed by atoms with Gasteiger partial charge >= 0.3 is 6.03 Å². The molecule has 0 aliphatic carbocycles. The SMILES string of the molecule is O=C(N1CCCC1)N1Cc2nccn2C[C@H](Cn2ncccc2=O)C1. The molecule has 0 bridgehead atoms. The van der Waals surface area contributed by atoms with Crippen LogP contribution in [0, 0.1) is 5.92 Å². The molecule has 8 nitrogen and oxygen atoms in total. The van der Waals surface area contributed by atoms with Crippen LogP contribution in [0.3, 0.4) is 0 Å². The van der Waals surface area contributed by atoms with Gasteiger partial charge in [-0.1, -0.05) is 0 Å². The van der Waals surface area contributed by atoms with Gasteiger partial charge in [0.2, 0.25) is 0 Å². The number of hydrogen-bond acceptors (Lipinski definition) is 4. The lowest BCUT2D eigenvalue weighted by Gasteiger charge is -2.28. The Balaban J connectivity index is 1.58. The fourth-order valence-electron chi connectivity index (χ4n) is 3.68. The predicted molar refractivity (Wildman–Crippen MR) is 90.8 cm³/mol. The van der Waals surface area contributed by atoms with Crippen LogP contribution in [0.4, 0.5) is 4.79 Å². The highest BCUT2D eigenvalue weighted by Crippen LogP contribution is 2.19. The number of urea groups is 1. The number of carbonyl (C=O) groups excluding carboxylic acids is 1. The second-order valence-corrected chi connectivity index (χ2v) is 6.76. The van der Waals surface area contributed by atoms with Gasteiger partial charge in [-0.05, 0) is 18.9 Å². The standard InChI is InChI=1S/C17H22N6O2/c24-16-4-3-5-19-23(16)12-14-10-21-9-6-18-15(21)13-22(11-14)17(25)20-7-1-2-8-20/h3-6,9,14H,1-2,7-8,10-13H2/t14-/m0/s1. The van der Waals surface area contributed by atoms with E-state index >= 15 is 0 Å². The lowest BCUT2D eigenvalue weighted by Crippen LogP contribution is -2.44. The van der Waals surface area contributed by atoms with Gasteiger partial charge in [0, 0.05) is 56.8 Å². The molecule has 132 valence electrons. The van der Waals surface area contributed by atoms with Crippen LogP contribution >= 0.6 is 0 Å². The lowest BCUT2D eigenvalue weighted by atomic mass is 10.1. The number of imidazole rings is 1. The van der Waals surface area contributed by atoms with Gasteiger partial charge in [-0.15, -0.1) is 0 Å². The van der Waals surface area contributed by atoms with Crippen molar-refractivity contribution in [3.63, 3.8) is 0 Å². The number of nitrogens with zero attached hydrogens (tertiary/aromatic N) is 6. The first-order valence-electron chi connectivity index (χ1n) is 8.77. The summed E-state index contributed by atoms with van der Waals surface area (Å²) >= 11 is 0. The Morgan fingerprint density at radius 2 is 2.00 bits per heavy atom. The highest BCUT2D eigenvalue weighted by molar-refractivity contribution is 5.74. The number of hydrogen-bond donors (Lipinski definition) is 0. The van der Waals surface area contributed by atoms with E-state index in [1.807, 2.05) is 16.0 Å². The van der Waals surface area contributed by atoms with Crippen molar-refractivity contribution >= 4 is 6.03 Å². The second kappa shape index (κ2) is 6.70. The number of likely N-dealkylation sites (tertiary alicyclic amines) is 1. The van der Waals surface area contributed by atoms with Gasteiger partial charge in [0.1, 0.15) is 5.82 Å². The minimum absolute atomic E-state index is 0.0762. The molecule has 0 unspecified atom stereocenters. The van der Waals surface area contributed by atoms with Gasteiger partial charge in [0.25, 0.3) is 5.56 Å². The van der Waals surface area contributed by atoms with Crippen molar-refractivity contribution in [2.75, 3.05) is 19.6 Å². The Hall–Kier alpha value is -2.64. The van der Waals surface area contributed by atoms with Crippen LogP contribution in [0.1, 0.15) is 18.7 Å². The van der Waals surface area contributed by atoms with Crippen LogP contribution < -0.4 is 5.56 Å². The summed E-state index contributed by atoms with van der Waals surface area (Å²) in [5.74, 6) is 0.998. The van der Waals surface area contributed by atoms with E-state index in [9.17, 15) is 9.59 Å². The van der Waals surface area contributed by atoms with Crippen molar-refractivity contribution in [2.24, 2.45) is 5.92 Å². The van der Waals surface area contributed by atoms with Crippen LogP contribution in [0.5, 0.6) is 0 Å². The molecule has 1 atom stereocenters. The Labute approximate surface area is 145 Å². The van der Waals surface area contributed by atoms with E-state index in [2.05, 4.69) is 14.6 Å². The zero-order valence-electron chi connectivity index (χ0n) is 14.1. The molecule has 2 amide bonds. The van der Waals surface area contributed by atoms with Gasteiger partial charge < -0.3 is 14.4 Å². The van der Waals surface area contributed by atoms with Crippen molar-refractivity contribution in [2.45, 2.75) is 32.5 Å². The third kappa shape index (κ3) is 3.29. The molecule has 0 spiro atoms. The van der Waals surface area contributed by atoms with Crippen molar-refractivity contribution < 1.29 is 4.79 Å². The average molecular weight is 342 g/mol.